The number of carbonyl (C=O) groups excluding carboxylic acids is 2. The number of para-hydroxylation sites is 1. The van der Waals surface area contributed by atoms with Crippen LogP contribution in [0, 0.1) is 5.92 Å². The van der Waals surface area contributed by atoms with E-state index in [1.165, 1.54) is 6.42 Å². The van der Waals surface area contributed by atoms with E-state index in [4.69, 9.17) is 9.47 Å². The van der Waals surface area contributed by atoms with Gasteiger partial charge in [-0.2, -0.15) is 0 Å². The Morgan fingerprint density at radius 2 is 1.96 bits per heavy atom. The first-order chi connectivity index (χ1) is 12.0. The SMILES string of the molecule is COc1ccccc1CCC(=O)OC(C)C(=O)NC1CCCCC1C. The van der Waals surface area contributed by atoms with Gasteiger partial charge < -0.3 is 14.8 Å². The molecule has 1 amide bonds. The summed E-state index contributed by atoms with van der Waals surface area (Å²) in [5.74, 6) is 0.660. The minimum Gasteiger partial charge on any atom is -0.496 e. The van der Waals surface area contributed by atoms with Gasteiger partial charge in [0.05, 0.1) is 7.11 Å². The number of esters is 1. The maximum absolute atomic E-state index is 12.3. The fourth-order valence-corrected chi connectivity index (χ4v) is 3.29. The molecule has 1 aromatic rings. The zero-order chi connectivity index (χ0) is 18.2. The van der Waals surface area contributed by atoms with Gasteiger partial charge in [0.25, 0.3) is 5.91 Å². The Morgan fingerprint density at radius 1 is 1.24 bits per heavy atom. The van der Waals surface area contributed by atoms with Gasteiger partial charge in [0.1, 0.15) is 5.75 Å². The molecule has 1 aliphatic carbocycles. The van der Waals surface area contributed by atoms with Gasteiger partial charge in [0.2, 0.25) is 0 Å². The highest BCUT2D eigenvalue weighted by molar-refractivity contribution is 5.83. The largest absolute Gasteiger partial charge is 0.496 e. The second-order valence-electron chi connectivity index (χ2n) is 6.82. The van der Waals surface area contributed by atoms with E-state index >= 15 is 0 Å². The lowest BCUT2D eigenvalue weighted by Gasteiger charge is -2.30. The van der Waals surface area contributed by atoms with Gasteiger partial charge in [-0.1, -0.05) is 38.0 Å². The Morgan fingerprint density at radius 3 is 2.68 bits per heavy atom. The first-order valence-corrected chi connectivity index (χ1v) is 9.13. The number of rotatable bonds is 7. The molecule has 3 atom stereocenters. The Balaban J connectivity index is 1.78. The number of nitrogens with one attached hydrogen (secondary N) is 1. The monoisotopic (exact) mass is 347 g/mol. The quantitative estimate of drug-likeness (QED) is 0.769. The van der Waals surface area contributed by atoms with Gasteiger partial charge in [0, 0.05) is 12.5 Å². The lowest BCUT2D eigenvalue weighted by atomic mass is 9.86. The van der Waals surface area contributed by atoms with Crippen molar-refractivity contribution in [2.45, 2.75) is 64.5 Å². The van der Waals surface area contributed by atoms with Crippen molar-refractivity contribution in [2.75, 3.05) is 7.11 Å². The average molecular weight is 347 g/mol. The molecule has 25 heavy (non-hydrogen) atoms. The van der Waals surface area contributed by atoms with Crippen LogP contribution in [0.15, 0.2) is 24.3 Å². The topological polar surface area (TPSA) is 64.6 Å². The third-order valence-corrected chi connectivity index (χ3v) is 4.91. The summed E-state index contributed by atoms with van der Waals surface area (Å²) in [6.07, 6.45) is 4.48. The van der Waals surface area contributed by atoms with Crippen molar-refractivity contribution in [3.05, 3.63) is 29.8 Å². The number of amides is 1. The van der Waals surface area contributed by atoms with Crippen LogP contribution in [-0.4, -0.2) is 31.1 Å². The number of hydrogen-bond donors (Lipinski definition) is 1. The van der Waals surface area contributed by atoms with E-state index in [0.717, 1.165) is 30.6 Å². The van der Waals surface area contributed by atoms with Crippen LogP contribution in [0.4, 0.5) is 0 Å². The van der Waals surface area contributed by atoms with E-state index < -0.39 is 6.10 Å². The zero-order valence-electron chi connectivity index (χ0n) is 15.4. The summed E-state index contributed by atoms with van der Waals surface area (Å²) in [4.78, 5) is 24.3. The van der Waals surface area contributed by atoms with Crippen molar-refractivity contribution in [3.63, 3.8) is 0 Å². The fraction of sp³-hybridized carbons (Fsp3) is 0.600. The maximum atomic E-state index is 12.3. The molecule has 1 aliphatic rings. The Kier molecular flexibility index (Phi) is 7.29. The predicted molar refractivity (Wildman–Crippen MR) is 96.4 cm³/mol. The molecule has 3 unspecified atom stereocenters. The summed E-state index contributed by atoms with van der Waals surface area (Å²) in [5, 5.41) is 3.03. The summed E-state index contributed by atoms with van der Waals surface area (Å²) in [7, 11) is 1.61. The molecule has 1 aromatic carbocycles. The molecule has 1 fully saturated rings. The lowest BCUT2D eigenvalue weighted by molar-refractivity contribution is -0.155. The molecule has 0 spiro atoms. The van der Waals surface area contributed by atoms with Crippen molar-refractivity contribution in [3.8, 4) is 5.75 Å². The van der Waals surface area contributed by atoms with Gasteiger partial charge in [-0.25, -0.2) is 0 Å². The highest BCUT2D eigenvalue weighted by Gasteiger charge is 2.26. The van der Waals surface area contributed by atoms with Gasteiger partial charge in [-0.15, -0.1) is 0 Å². The number of carbonyl (C=O) groups is 2. The average Bonchev–Trinajstić information content (AvgIpc) is 2.62. The molecule has 0 bridgehead atoms. The van der Waals surface area contributed by atoms with Gasteiger partial charge >= 0.3 is 5.97 Å². The Bertz CT molecular complexity index is 587. The van der Waals surface area contributed by atoms with Crippen LogP contribution in [0.1, 0.15) is 51.5 Å². The molecular formula is C20H29NO4. The van der Waals surface area contributed by atoms with Crippen molar-refractivity contribution < 1.29 is 19.1 Å². The third-order valence-electron chi connectivity index (χ3n) is 4.91. The summed E-state index contributed by atoms with van der Waals surface area (Å²) in [6.45, 7) is 3.79. The molecule has 0 aromatic heterocycles. The minimum atomic E-state index is -0.765. The standard InChI is InChI=1S/C20H29NO4/c1-14-8-4-6-10-17(14)21-20(23)15(2)25-19(22)13-12-16-9-5-7-11-18(16)24-3/h5,7,9,11,14-15,17H,4,6,8,10,12-13H2,1-3H3,(H,21,23). The van der Waals surface area contributed by atoms with Gasteiger partial charge in [0.15, 0.2) is 6.10 Å². The fourth-order valence-electron chi connectivity index (χ4n) is 3.29. The van der Waals surface area contributed by atoms with Crippen LogP contribution in [0.5, 0.6) is 5.75 Å². The van der Waals surface area contributed by atoms with E-state index in [0.29, 0.717) is 12.3 Å². The number of benzene rings is 1. The molecule has 0 radical (unpaired) electrons. The molecule has 138 valence electrons. The molecule has 0 aliphatic heterocycles. The van der Waals surface area contributed by atoms with E-state index in [2.05, 4.69) is 12.2 Å². The van der Waals surface area contributed by atoms with Crippen molar-refractivity contribution in [1.82, 2.24) is 5.32 Å². The van der Waals surface area contributed by atoms with E-state index in [1.807, 2.05) is 24.3 Å². The summed E-state index contributed by atoms with van der Waals surface area (Å²) in [5.41, 5.74) is 0.954. The second-order valence-corrected chi connectivity index (χ2v) is 6.82. The summed E-state index contributed by atoms with van der Waals surface area (Å²) < 4.78 is 10.6. The molecular weight excluding hydrogens is 318 g/mol. The molecule has 5 nitrogen and oxygen atoms in total. The molecule has 1 saturated carbocycles. The van der Waals surface area contributed by atoms with Crippen LogP contribution in [0.25, 0.3) is 0 Å². The van der Waals surface area contributed by atoms with E-state index in [1.54, 1.807) is 14.0 Å². The smallest absolute Gasteiger partial charge is 0.306 e. The van der Waals surface area contributed by atoms with Crippen molar-refractivity contribution in [1.29, 1.82) is 0 Å². The number of ether oxygens (including phenoxy) is 2. The molecule has 1 N–H and O–H groups in total. The van der Waals surface area contributed by atoms with Gasteiger partial charge in [-0.3, -0.25) is 9.59 Å². The van der Waals surface area contributed by atoms with Crippen molar-refractivity contribution >= 4 is 11.9 Å². The minimum absolute atomic E-state index is 0.191. The van der Waals surface area contributed by atoms with E-state index in [-0.39, 0.29) is 24.3 Å². The van der Waals surface area contributed by atoms with Crippen LogP contribution in [0.2, 0.25) is 0 Å². The molecule has 5 heteroatoms. The van der Waals surface area contributed by atoms with Crippen molar-refractivity contribution in [2.24, 2.45) is 5.92 Å². The Hall–Kier alpha value is -2.04. The van der Waals surface area contributed by atoms with Crippen LogP contribution < -0.4 is 10.1 Å². The zero-order valence-corrected chi connectivity index (χ0v) is 15.4. The summed E-state index contributed by atoms with van der Waals surface area (Å²) in [6, 6.07) is 7.77. The molecule has 0 saturated heterocycles. The van der Waals surface area contributed by atoms with Crippen LogP contribution >= 0.6 is 0 Å². The van der Waals surface area contributed by atoms with E-state index in [9.17, 15) is 9.59 Å². The second kappa shape index (κ2) is 9.44. The Labute approximate surface area is 150 Å². The van der Waals surface area contributed by atoms with Gasteiger partial charge in [-0.05, 0) is 43.7 Å². The number of hydrogen-bond acceptors (Lipinski definition) is 4. The lowest BCUT2D eigenvalue weighted by Crippen LogP contribution is -2.46. The first kappa shape index (κ1) is 19.3. The predicted octanol–water partition coefficient (Wildman–Crippen LogP) is 3.25. The number of methoxy groups -OCH3 is 1. The number of aryl methyl sites for hydroxylation is 1. The first-order valence-electron chi connectivity index (χ1n) is 9.13. The van der Waals surface area contributed by atoms with Crippen LogP contribution in [-0.2, 0) is 20.7 Å². The highest BCUT2D eigenvalue weighted by Crippen LogP contribution is 2.24. The molecule has 2 rings (SSSR count). The normalized spacial score (nSPS) is 21.2. The summed E-state index contributed by atoms with van der Waals surface area (Å²) >= 11 is 0. The molecule has 0 heterocycles. The third kappa shape index (κ3) is 5.76. The highest BCUT2D eigenvalue weighted by atomic mass is 16.5. The maximum Gasteiger partial charge on any atom is 0.306 e. The van der Waals surface area contributed by atoms with Crippen LogP contribution in [0.3, 0.4) is 0 Å².